The molecule has 0 saturated carbocycles. The van der Waals surface area contributed by atoms with Gasteiger partial charge >= 0.3 is 0 Å². The van der Waals surface area contributed by atoms with Crippen molar-refractivity contribution in [2.75, 3.05) is 7.11 Å². The van der Waals surface area contributed by atoms with Gasteiger partial charge in [-0.25, -0.2) is 4.99 Å². The highest BCUT2D eigenvalue weighted by atomic mass is 16.5. The molecule has 25 heavy (non-hydrogen) atoms. The highest BCUT2D eigenvalue weighted by molar-refractivity contribution is 5.77. The van der Waals surface area contributed by atoms with Crippen molar-refractivity contribution in [3.05, 3.63) is 74.6 Å². The van der Waals surface area contributed by atoms with Crippen LogP contribution >= 0.6 is 0 Å². The van der Waals surface area contributed by atoms with Crippen LogP contribution in [0.15, 0.2) is 41.4 Å². The molecule has 1 aromatic carbocycles. The molecule has 3 aromatic rings. The maximum atomic E-state index is 5.62. The first-order valence-corrected chi connectivity index (χ1v) is 8.37. The Balaban J connectivity index is 1.99. The minimum absolute atomic E-state index is 0.825. The minimum atomic E-state index is 0.825. The summed E-state index contributed by atoms with van der Waals surface area (Å²) in [5.41, 5.74) is 5.57. The third kappa shape index (κ3) is 2.60. The molecule has 0 aliphatic carbocycles. The number of rotatable bonds is 2. The van der Waals surface area contributed by atoms with Crippen LogP contribution in [-0.2, 0) is 0 Å². The molecule has 1 aliphatic rings. The Hall–Kier alpha value is -3.01. The number of benzene rings is 1. The van der Waals surface area contributed by atoms with Crippen molar-refractivity contribution in [1.29, 1.82) is 0 Å². The molecule has 4 heteroatoms. The molecule has 0 spiro atoms. The van der Waals surface area contributed by atoms with Gasteiger partial charge in [-0.3, -0.25) is 0 Å². The molecule has 0 atom stereocenters. The van der Waals surface area contributed by atoms with Crippen LogP contribution in [0.25, 0.3) is 17.3 Å². The SMILES string of the molecule is COc1cc(=C2C=c3ccccc3=N2)[nH]/c1=C(\C)c1[nH]c(C)cc1C. The van der Waals surface area contributed by atoms with Crippen molar-refractivity contribution in [2.45, 2.75) is 20.8 Å². The van der Waals surface area contributed by atoms with Crippen molar-refractivity contribution in [1.82, 2.24) is 9.97 Å². The summed E-state index contributed by atoms with van der Waals surface area (Å²) in [6, 6.07) is 12.3. The molecular formula is C21H21N3O. The van der Waals surface area contributed by atoms with Gasteiger partial charge in [-0.1, -0.05) is 18.2 Å². The maximum absolute atomic E-state index is 5.62. The first kappa shape index (κ1) is 15.5. The summed E-state index contributed by atoms with van der Waals surface area (Å²) in [6.45, 7) is 6.29. The van der Waals surface area contributed by atoms with Crippen LogP contribution < -0.4 is 26.0 Å². The van der Waals surface area contributed by atoms with Crippen LogP contribution in [0.2, 0.25) is 0 Å². The van der Waals surface area contributed by atoms with Gasteiger partial charge in [0.1, 0.15) is 5.75 Å². The Kier molecular flexibility index (Phi) is 3.61. The highest BCUT2D eigenvalue weighted by Crippen LogP contribution is 2.17. The maximum Gasteiger partial charge on any atom is 0.144 e. The van der Waals surface area contributed by atoms with Gasteiger partial charge in [0, 0.05) is 28.2 Å². The fourth-order valence-corrected chi connectivity index (χ4v) is 3.42. The van der Waals surface area contributed by atoms with Crippen molar-refractivity contribution in [2.24, 2.45) is 4.99 Å². The molecule has 2 aromatic heterocycles. The number of methoxy groups -OCH3 is 1. The van der Waals surface area contributed by atoms with Gasteiger partial charge in [0.15, 0.2) is 0 Å². The van der Waals surface area contributed by atoms with Gasteiger partial charge in [-0.15, -0.1) is 0 Å². The summed E-state index contributed by atoms with van der Waals surface area (Å²) < 4.78 is 5.62. The first-order chi connectivity index (χ1) is 12.1. The third-order valence-electron chi connectivity index (χ3n) is 4.65. The number of para-hydroxylation sites is 1. The van der Waals surface area contributed by atoms with E-state index in [2.05, 4.69) is 48.9 Å². The quantitative estimate of drug-likeness (QED) is 0.733. The molecule has 3 heterocycles. The van der Waals surface area contributed by atoms with E-state index in [-0.39, 0.29) is 0 Å². The van der Waals surface area contributed by atoms with E-state index in [9.17, 15) is 0 Å². The second-order valence-corrected chi connectivity index (χ2v) is 6.46. The van der Waals surface area contributed by atoms with Crippen molar-refractivity contribution < 1.29 is 4.74 Å². The fraction of sp³-hybridized carbons (Fsp3) is 0.190. The van der Waals surface area contributed by atoms with E-state index in [1.165, 1.54) is 5.56 Å². The van der Waals surface area contributed by atoms with Crippen molar-refractivity contribution in [3.8, 4) is 5.75 Å². The zero-order valence-corrected chi connectivity index (χ0v) is 14.9. The minimum Gasteiger partial charge on any atom is -0.494 e. The average Bonchev–Trinajstić information content (AvgIpc) is 3.29. The molecule has 0 radical (unpaired) electrons. The summed E-state index contributed by atoms with van der Waals surface area (Å²) >= 11 is 0. The van der Waals surface area contributed by atoms with E-state index in [0.717, 1.165) is 49.7 Å². The number of nitrogens with zero attached hydrogens (tertiary/aromatic N) is 1. The van der Waals surface area contributed by atoms with E-state index in [0.29, 0.717) is 0 Å². The zero-order chi connectivity index (χ0) is 17.6. The molecule has 4 nitrogen and oxygen atoms in total. The van der Waals surface area contributed by atoms with Gasteiger partial charge in [0.2, 0.25) is 0 Å². The van der Waals surface area contributed by atoms with Crippen LogP contribution in [0, 0.1) is 13.8 Å². The van der Waals surface area contributed by atoms with E-state index in [1.807, 2.05) is 24.3 Å². The number of nitrogens with one attached hydrogen (secondary N) is 2. The Morgan fingerprint density at radius 2 is 1.88 bits per heavy atom. The number of ether oxygens (including phenoxy) is 1. The number of hydrogen-bond donors (Lipinski definition) is 2. The Bertz CT molecular complexity index is 1170. The second kappa shape index (κ2) is 5.81. The fourth-order valence-electron chi connectivity index (χ4n) is 3.42. The van der Waals surface area contributed by atoms with E-state index in [1.54, 1.807) is 7.11 Å². The van der Waals surface area contributed by atoms with Gasteiger partial charge in [-0.2, -0.15) is 0 Å². The molecule has 0 saturated heterocycles. The molecule has 126 valence electrons. The van der Waals surface area contributed by atoms with Crippen molar-refractivity contribution >= 4 is 17.3 Å². The van der Waals surface area contributed by atoms with Gasteiger partial charge in [-0.05, 0) is 44.5 Å². The predicted octanol–water partition coefficient (Wildman–Crippen LogP) is 1.41. The van der Waals surface area contributed by atoms with Gasteiger partial charge in [0.05, 0.1) is 28.9 Å². The number of H-pyrrole nitrogens is 2. The highest BCUT2D eigenvalue weighted by Gasteiger charge is 2.10. The van der Waals surface area contributed by atoms with E-state index < -0.39 is 0 Å². The normalized spacial score (nSPS) is 16.2. The molecule has 0 bridgehead atoms. The molecule has 0 unspecified atom stereocenters. The smallest absolute Gasteiger partial charge is 0.144 e. The van der Waals surface area contributed by atoms with Crippen LogP contribution in [-0.4, -0.2) is 17.1 Å². The molecule has 0 amide bonds. The monoisotopic (exact) mass is 331 g/mol. The standard InChI is InChI=1S/C21H21N3O/c1-12-9-13(2)22-20(12)14(3)21-19(25-4)11-18(24-21)17-10-15-7-5-6-8-16(15)23-17/h5-11,22,24H,1-4H3/b18-17?,21-14+. The lowest BCUT2D eigenvalue weighted by molar-refractivity contribution is 0.411. The predicted molar refractivity (Wildman–Crippen MR) is 100 cm³/mol. The largest absolute Gasteiger partial charge is 0.494 e. The number of aromatic amines is 2. The molecular weight excluding hydrogens is 310 g/mol. The van der Waals surface area contributed by atoms with E-state index >= 15 is 0 Å². The second-order valence-electron chi connectivity index (χ2n) is 6.46. The summed E-state index contributed by atoms with van der Waals surface area (Å²) in [7, 11) is 1.70. The lowest BCUT2D eigenvalue weighted by Gasteiger charge is -2.01. The van der Waals surface area contributed by atoms with Crippen LogP contribution in [0.1, 0.15) is 23.9 Å². The summed E-state index contributed by atoms with van der Waals surface area (Å²) in [5, 5.41) is 4.09. The Morgan fingerprint density at radius 3 is 2.56 bits per heavy atom. The number of aromatic nitrogens is 2. The summed E-state index contributed by atoms with van der Waals surface area (Å²) in [4.78, 5) is 11.7. The molecule has 0 fully saturated rings. The molecule has 4 rings (SSSR count). The van der Waals surface area contributed by atoms with Gasteiger partial charge in [0.25, 0.3) is 0 Å². The lowest BCUT2D eigenvalue weighted by atomic mass is 10.1. The van der Waals surface area contributed by atoms with E-state index in [4.69, 9.17) is 9.73 Å². The number of fused-ring (bicyclic) bond motifs is 1. The lowest BCUT2D eigenvalue weighted by Crippen LogP contribution is -2.19. The van der Waals surface area contributed by atoms with Crippen LogP contribution in [0.4, 0.5) is 0 Å². The first-order valence-electron chi connectivity index (χ1n) is 8.37. The number of hydrogen-bond acceptors (Lipinski definition) is 2. The van der Waals surface area contributed by atoms with Crippen LogP contribution in [0.3, 0.4) is 0 Å². The summed E-state index contributed by atoms with van der Waals surface area (Å²) in [5.74, 6) is 0.825. The Morgan fingerprint density at radius 1 is 1.08 bits per heavy atom. The Labute approximate surface area is 145 Å². The number of aryl methyl sites for hydroxylation is 2. The zero-order valence-electron chi connectivity index (χ0n) is 14.9. The average molecular weight is 331 g/mol. The van der Waals surface area contributed by atoms with Crippen molar-refractivity contribution in [3.63, 3.8) is 0 Å². The molecule has 2 N–H and O–H groups in total. The third-order valence-corrected chi connectivity index (χ3v) is 4.65. The topological polar surface area (TPSA) is 53.2 Å². The summed E-state index contributed by atoms with van der Waals surface area (Å²) in [6.07, 6.45) is 2.10. The van der Waals surface area contributed by atoms with Gasteiger partial charge < -0.3 is 14.7 Å². The molecule has 1 aliphatic heterocycles. The van der Waals surface area contributed by atoms with Crippen LogP contribution in [0.5, 0.6) is 5.75 Å².